The fourth-order valence-electron chi connectivity index (χ4n) is 4.77. The molecule has 0 unspecified atom stereocenters. The van der Waals surface area contributed by atoms with Gasteiger partial charge in [-0.3, -0.25) is 4.98 Å². The molecule has 0 bridgehead atoms. The van der Waals surface area contributed by atoms with Crippen LogP contribution in [0.15, 0.2) is 102 Å². The Hall–Kier alpha value is -4.18. The van der Waals surface area contributed by atoms with Gasteiger partial charge in [0.15, 0.2) is 0 Å². The van der Waals surface area contributed by atoms with Crippen LogP contribution in [0.2, 0.25) is 0 Å². The zero-order valence-corrected chi connectivity index (χ0v) is 26.2. The summed E-state index contributed by atoms with van der Waals surface area (Å²) in [6.45, 7) is 1.28. The summed E-state index contributed by atoms with van der Waals surface area (Å²) in [5.74, 6) is 0. The molecule has 0 aliphatic rings. The van der Waals surface area contributed by atoms with Gasteiger partial charge in [-0.1, -0.05) is 67.6 Å². The van der Waals surface area contributed by atoms with E-state index < -0.39 is 25.5 Å². The van der Waals surface area contributed by atoms with Gasteiger partial charge in [-0.05, 0) is 60.1 Å². The number of benzene rings is 3. The van der Waals surface area contributed by atoms with Crippen molar-refractivity contribution in [2.75, 3.05) is 0 Å². The van der Waals surface area contributed by atoms with Gasteiger partial charge >= 0.3 is 0 Å². The summed E-state index contributed by atoms with van der Waals surface area (Å²) >= 11 is 0. The molecule has 0 amide bonds. The third kappa shape index (κ3) is 6.74. The number of hydrogen-bond donors (Lipinski definition) is 0. The molecule has 0 saturated carbocycles. The van der Waals surface area contributed by atoms with Crippen LogP contribution in [-0.2, 0) is 26.5 Å². The molecule has 0 aliphatic carbocycles. The van der Waals surface area contributed by atoms with Gasteiger partial charge in [0, 0.05) is 60.4 Å². The van der Waals surface area contributed by atoms with E-state index in [4.69, 9.17) is 15.4 Å². The van der Waals surface area contributed by atoms with Crippen molar-refractivity contribution in [1.82, 2.24) is 15.0 Å². The summed E-state index contributed by atoms with van der Waals surface area (Å²) in [6.07, 6.45) is 2.81. The molecule has 3 aromatic carbocycles. The third-order valence-corrected chi connectivity index (χ3v) is 6.53. The zero-order chi connectivity index (χ0) is 36.1. The summed E-state index contributed by atoms with van der Waals surface area (Å²) in [6, 6.07) is 29.5. The van der Waals surface area contributed by atoms with Gasteiger partial charge in [-0.25, -0.2) is 0 Å². The van der Waals surface area contributed by atoms with E-state index in [0.717, 1.165) is 22.0 Å². The van der Waals surface area contributed by atoms with Crippen LogP contribution in [-0.4, -0.2) is 15.0 Å². The first-order chi connectivity index (χ1) is 23.4. The maximum Gasteiger partial charge on any atom is 0.147 e. The number of furan rings is 1. The van der Waals surface area contributed by atoms with Crippen molar-refractivity contribution in [3.05, 3.63) is 126 Å². The molecule has 4 aromatic heterocycles. The predicted molar refractivity (Wildman–Crippen MR) is 172 cm³/mol. The summed E-state index contributed by atoms with van der Waals surface area (Å²) in [4.78, 5) is 13.0. The molecule has 0 aliphatic heterocycles. The molecule has 1 radical (unpaired) electrons. The fraction of sp³-hybridized carbons (Fsp3) is 0.184. The first kappa shape index (κ1) is 21.5. The minimum Gasteiger partial charge on any atom is -0.498 e. The number of aromatic nitrogens is 3. The molecule has 0 N–H and O–H groups in total. The first-order valence-electron chi connectivity index (χ1n) is 17.5. The Morgan fingerprint density at radius 3 is 2.37 bits per heavy atom. The van der Waals surface area contributed by atoms with E-state index in [-0.39, 0.29) is 31.2 Å². The van der Waals surface area contributed by atoms with Crippen LogP contribution in [0.3, 0.4) is 0 Å². The van der Waals surface area contributed by atoms with E-state index in [0.29, 0.717) is 38.9 Å². The van der Waals surface area contributed by atoms with Crippen molar-refractivity contribution >= 4 is 32.8 Å². The van der Waals surface area contributed by atoms with Gasteiger partial charge in [0.05, 0.1) is 5.58 Å². The summed E-state index contributed by atoms with van der Waals surface area (Å²) < 4.78 is 68.2. The van der Waals surface area contributed by atoms with Crippen LogP contribution in [0, 0.1) is 31.3 Å². The molecule has 0 atom stereocenters. The largest absolute Gasteiger partial charge is 0.498 e. The average Bonchev–Trinajstić information content (AvgIpc) is 3.47. The summed E-state index contributed by atoms with van der Waals surface area (Å²) in [5.41, 5.74) is 4.89. The van der Waals surface area contributed by atoms with Crippen molar-refractivity contribution in [3.63, 3.8) is 0 Å². The van der Waals surface area contributed by atoms with E-state index in [9.17, 15) is 0 Å². The number of rotatable bonds is 3. The minimum atomic E-state index is -2.24. The Morgan fingerprint density at radius 2 is 1.63 bits per heavy atom. The van der Waals surface area contributed by atoms with Crippen LogP contribution in [0.25, 0.3) is 55.4 Å². The molecule has 5 heteroatoms. The Bertz CT molecular complexity index is 2310. The van der Waals surface area contributed by atoms with Gasteiger partial charge in [0.25, 0.3) is 0 Å². The number of nitrogens with zero attached hydrogens (tertiary/aromatic N) is 3. The molecular formula is C38H33IrN3O-2. The molecule has 4 nitrogen and oxygen atoms in total. The number of pyridine rings is 3. The van der Waals surface area contributed by atoms with Gasteiger partial charge in [0.1, 0.15) is 11.1 Å². The molecule has 7 aromatic rings. The molecule has 7 rings (SSSR count). The van der Waals surface area contributed by atoms with Crippen LogP contribution in [0.1, 0.15) is 48.4 Å². The fourth-order valence-corrected chi connectivity index (χ4v) is 4.77. The SMILES string of the molecule is [2H]C([2H])([2H])c1ccc(-c2[c-]cccc2)nc1.[2H]C([2H])([2H])c1cnc2c(ccc3c4cc[c-]c(-c5cc(C([2H])([2H])C(C)(C)C)ccn5)c4oc32)c1.[Ir]. The molecular weight excluding hydrogens is 707 g/mol. The maximum absolute atomic E-state index is 8.64. The Kier molecular flexibility index (Phi) is 6.29. The van der Waals surface area contributed by atoms with Gasteiger partial charge in [-0.2, -0.15) is 0 Å². The van der Waals surface area contributed by atoms with Crippen molar-refractivity contribution < 1.29 is 35.5 Å². The van der Waals surface area contributed by atoms with Crippen LogP contribution in [0.4, 0.5) is 0 Å². The van der Waals surface area contributed by atoms with Gasteiger partial charge < -0.3 is 14.4 Å². The third-order valence-electron chi connectivity index (χ3n) is 6.53. The quantitative estimate of drug-likeness (QED) is 0.169. The Labute approximate surface area is 277 Å². The normalized spacial score (nSPS) is 15.0. The maximum atomic E-state index is 8.64. The first-order valence-corrected chi connectivity index (χ1v) is 13.5. The number of fused-ring (bicyclic) bond motifs is 5. The monoisotopic (exact) mass is 748 g/mol. The average molecular weight is 748 g/mol. The topological polar surface area (TPSA) is 51.8 Å². The smallest absolute Gasteiger partial charge is 0.147 e. The molecule has 0 saturated heterocycles. The van der Waals surface area contributed by atoms with E-state index >= 15 is 0 Å². The minimum absolute atomic E-state index is 0. The van der Waals surface area contributed by atoms with Crippen LogP contribution < -0.4 is 0 Å². The molecule has 4 heterocycles. The predicted octanol–water partition coefficient (Wildman–Crippen LogP) is 9.75. The molecule has 217 valence electrons. The summed E-state index contributed by atoms with van der Waals surface area (Å²) in [7, 11) is 0. The number of hydrogen-bond acceptors (Lipinski definition) is 4. The van der Waals surface area contributed by atoms with Crippen molar-refractivity contribution in [2.24, 2.45) is 5.41 Å². The van der Waals surface area contributed by atoms with Gasteiger partial charge in [-0.15, -0.1) is 54.1 Å². The van der Waals surface area contributed by atoms with Crippen molar-refractivity contribution in [2.45, 2.75) is 40.8 Å². The van der Waals surface area contributed by atoms with Crippen LogP contribution >= 0.6 is 0 Å². The standard InChI is InChI=1S/C26H23N2O.C12H10N.Ir/c1-16-12-18-8-9-20-19-6-5-7-21(24(19)29-25(20)23(18)28-15-16)22-13-17(10-11-27-22)14-26(2,3)4;1-10-7-8-12(13-9-10)11-5-3-2-4-6-11;/h5-6,8-13,15H,14H2,1-4H3;2-5,7-9H,1H3;/q2*-1;/i1D3,14D2;1D3;. The Morgan fingerprint density at radius 1 is 0.791 bits per heavy atom. The zero-order valence-electron chi connectivity index (χ0n) is 31.8. The number of aryl methyl sites for hydroxylation is 2. The van der Waals surface area contributed by atoms with E-state index in [1.54, 1.807) is 48.7 Å². The van der Waals surface area contributed by atoms with Gasteiger partial charge in [0.2, 0.25) is 0 Å². The second-order valence-electron chi connectivity index (χ2n) is 10.9. The van der Waals surface area contributed by atoms with Crippen molar-refractivity contribution in [1.29, 1.82) is 0 Å². The van der Waals surface area contributed by atoms with Crippen LogP contribution in [0.5, 0.6) is 0 Å². The molecule has 0 fully saturated rings. The Balaban J connectivity index is 0.000000249. The second kappa shape index (κ2) is 12.6. The van der Waals surface area contributed by atoms with E-state index in [2.05, 4.69) is 27.1 Å². The van der Waals surface area contributed by atoms with E-state index in [1.807, 2.05) is 57.2 Å². The molecule has 43 heavy (non-hydrogen) atoms. The van der Waals surface area contributed by atoms with Crippen molar-refractivity contribution in [3.8, 4) is 22.5 Å². The van der Waals surface area contributed by atoms with E-state index in [1.165, 1.54) is 12.4 Å². The molecule has 0 spiro atoms. The summed E-state index contributed by atoms with van der Waals surface area (Å²) in [5, 5.41) is 2.40. The second-order valence-corrected chi connectivity index (χ2v) is 10.9.